The van der Waals surface area contributed by atoms with Crippen LogP contribution in [-0.2, 0) is 10.0 Å². The Kier molecular flexibility index (Phi) is 5.06. The summed E-state index contributed by atoms with van der Waals surface area (Å²) in [6.45, 7) is 2.31. The number of nitrogens with one attached hydrogen (secondary N) is 1. The molecule has 1 aliphatic rings. The number of carbonyl (C=O) groups is 1. The molecule has 0 spiro atoms. The first-order valence-corrected chi connectivity index (χ1v) is 9.60. The molecule has 0 radical (unpaired) electrons. The van der Waals surface area contributed by atoms with Crippen molar-refractivity contribution in [3.8, 4) is 0 Å². The van der Waals surface area contributed by atoms with Crippen LogP contribution in [0.5, 0.6) is 0 Å². The fourth-order valence-corrected chi connectivity index (χ4v) is 4.48. The van der Waals surface area contributed by atoms with Crippen molar-refractivity contribution in [2.75, 3.05) is 18.4 Å². The van der Waals surface area contributed by atoms with Crippen molar-refractivity contribution in [3.63, 3.8) is 0 Å². The van der Waals surface area contributed by atoms with Crippen molar-refractivity contribution in [1.82, 2.24) is 4.31 Å². The van der Waals surface area contributed by atoms with E-state index in [0.717, 1.165) is 25.0 Å². The molecule has 1 aliphatic heterocycles. The van der Waals surface area contributed by atoms with E-state index in [1.807, 2.05) is 0 Å². The molecule has 8 heteroatoms. The second-order valence-electron chi connectivity index (χ2n) is 6.17. The number of carbonyl (C=O) groups excluding carboxylic acids is 1. The molecule has 2 aromatic carbocycles. The van der Waals surface area contributed by atoms with Gasteiger partial charge in [-0.15, -0.1) is 0 Å². The number of benzene rings is 2. The summed E-state index contributed by atoms with van der Waals surface area (Å²) in [5.41, 5.74) is 0.919. The zero-order valence-electron chi connectivity index (χ0n) is 14.1. The summed E-state index contributed by atoms with van der Waals surface area (Å²) in [6, 6.07) is 7.10. The van der Waals surface area contributed by atoms with Crippen molar-refractivity contribution in [1.29, 1.82) is 0 Å². The predicted octanol–water partition coefficient (Wildman–Crippen LogP) is 3.31. The number of aryl methyl sites for hydroxylation is 1. The van der Waals surface area contributed by atoms with Gasteiger partial charge in [-0.25, -0.2) is 17.2 Å². The Labute approximate surface area is 150 Å². The van der Waals surface area contributed by atoms with Crippen molar-refractivity contribution in [2.45, 2.75) is 24.7 Å². The maximum absolute atomic E-state index is 14.1. The van der Waals surface area contributed by atoms with E-state index in [9.17, 15) is 22.0 Å². The molecule has 0 unspecified atom stereocenters. The van der Waals surface area contributed by atoms with Crippen LogP contribution in [0.15, 0.2) is 41.3 Å². The summed E-state index contributed by atoms with van der Waals surface area (Å²) in [7, 11) is -3.98. The summed E-state index contributed by atoms with van der Waals surface area (Å²) >= 11 is 0. The lowest BCUT2D eigenvalue weighted by molar-refractivity contribution is 0.102. The third kappa shape index (κ3) is 3.61. The minimum absolute atomic E-state index is 0.00731. The molecule has 0 atom stereocenters. The first kappa shape index (κ1) is 18.5. The molecular formula is C18H18F2N2O3S. The van der Waals surface area contributed by atoms with Crippen molar-refractivity contribution < 1.29 is 22.0 Å². The third-order valence-electron chi connectivity index (χ3n) is 4.31. The highest BCUT2D eigenvalue weighted by Crippen LogP contribution is 2.25. The highest BCUT2D eigenvalue weighted by Gasteiger charge is 2.30. The summed E-state index contributed by atoms with van der Waals surface area (Å²) in [6.07, 6.45) is 1.45. The van der Waals surface area contributed by atoms with Crippen molar-refractivity contribution in [2.24, 2.45) is 0 Å². The second-order valence-corrected chi connectivity index (χ2v) is 8.08. The normalized spacial score (nSPS) is 15.2. The molecule has 5 nitrogen and oxygen atoms in total. The number of hydrogen-bond acceptors (Lipinski definition) is 3. The maximum Gasteiger partial charge on any atom is 0.255 e. The third-order valence-corrected chi connectivity index (χ3v) is 6.23. The number of halogens is 2. The van der Waals surface area contributed by atoms with Crippen LogP contribution in [0.3, 0.4) is 0 Å². The van der Waals surface area contributed by atoms with Crippen molar-refractivity contribution in [3.05, 3.63) is 59.2 Å². The lowest BCUT2D eigenvalue weighted by Gasteiger charge is -2.16. The fraction of sp³-hybridized carbons (Fsp3) is 0.278. The SMILES string of the molecule is Cc1cc(F)ccc1NC(=O)c1ccc(F)c(S(=O)(=O)N2CCCC2)c1. The summed E-state index contributed by atoms with van der Waals surface area (Å²) in [5, 5.41) is 2.58. The summed E-state index contributed by atoms with van der Waals surface area (Å²) in [5.74, 6) is -1.93. The van der Waals surface area contributed by atoms with Crippen LogP contribution in [-0.4, -0.2) is 31.7 Å². The highest BCUT2D eigenvalue weighted by molar-refractivity contribution is 7.89. The molecular weight excluding hydrogens is 362 g/mol. The molecule has 1 saturated heterocycles. The number of anilines is 1. The van der Waals surface area contributed by atoms with Gasteiger partial charge >= 0.3 is 0 Å². The molecule has 0 aliphatic carbocycles. The minimum Gasteiger partial charge on any atom is -0.322 e. The first-order valence-electron chi connectivity index (χ1n) is 8.16. The van der Waals surface area contributed by atoms with Gasteiger partial charge in [0.2, 0.25) is 10.0 Å². The van der Waals surface area contributed by atoms with Crippen LogP contribution in [0.2, 0.25) is 0 Å². The van der Waals surface area contributed by atoms with Gasteiger partial charge in [-0.05, 0) is 61.7 Å². The topological polar surface area (TPSA) is 66.5 Å². The standard InChI is InChI=1S/C18H18F2N2O3S/c1-12-10-14(19)5-7-16(12)21-18(23)13-4-6-15(20)17(11-13)26(24,25)22-8-2-3-9-22/h4-7,10-11H,2-3,8-9H2,1H3,(H,21,23). The van der Waals surface area contributed by atoms with E-state index in [4.69, 9.17) is 0 Å². The molecule has 138 valence electrons. The van der Waals surface area contributed by atoms with Gasteiger partial charge in [0, 0.05) is 24.3 Å². The number of rotatable bonds is 4. The van der Waals surface area contributed by atoms with Crippen LogP contribution in [0.25, 0.3) is 0 Å². The van der Waals surface area contributed by atoms with Gasteiger partial charge in [-0.2, -0.15) is 4.31 Å². The van der Waals surface area contributed by atoms with Gasteiger partial charge in [0.15, 0.2) is 0 Å². The van der Waals surface area contributed by atoms with E-state index < -0.39 is 32.5 Å². The van der Waals surface area contributed by atoms with Gasteiger partial charge in [0.25, 0.3) is 5.91 Å². The zero-order valence-corrected chi connectivity index (χ0v) is 14.9. The largest absolute Gasteiger partial charge is 0.322 e. The fourth-order valence-electron chi connectivity index (χ4n) is 2.87. The minimum atomic E-state index is -3.98. The lowest BCUT2D eigenvalue weighted by Crippen LogP contribution is -2.29. The molecule has 1 fully saturated rings. The second kappa shape index (κ2) is 7.13. The Morgan fingerprint density at radius 1 is 1.08 bits per heavy atom. The van der Waals surface area contributed by atoms with Crippen LogP contribution < -0.4 is 5.32 Å². The molecule has 2 aromatic rings. The van der Waals surface area contributed by atoms with Crippen LogP contribution in [0, 0.1) is 18.6 Å². The Morgan fingerprint density at radius 3 is 2.42 bits per heavy atom. The van der Waals surface area contributed by atoms with E-state index in [2.05, 4.69) is 5.32 Å². The molecule has 1 amide bonds. The summed E-state index contributed by atoms with van der Waals surface area (Å²) < 4.78 is 53.7. The van der Waals surface area contributed by atoms with E-state index in [1.54, 1.807) is 6.92 Å². The van der Waals surface area contributed by atoms with Crippen molar-refractivity contribution >= 4 is 21.6 Å². The lowest BCUT2D eigenvalue weighted by atomic mass is 10.1. The number of nitrogens with zero attached hydrogens (tertiary/aromatic N) is 1. The zero-order chi connectivity index (χ0) is 18.9. The Balaban J connectivity index is 1.90. The number of sulfonamides is 1. The number of hydrogen-bond donors (Lipinski definition) is 1. The number of amides is 1. The van der Waals surface area contributed by atoms with Gasteiger partial charge in [-0.1, -0.05) is 0 Å². The first-order chi connectivity index (χ1) is 12.3. The highest BCUT2D eigenvalue weighted by atomic mass is 32.2. The predicted molar refractivity (Wildman–Crippen MR) is 93.5 cm³/mol. The molecule has 0 saturated carbocycles. The Hall–Kier alpha value is -2.32. The van der Waals surface area contributed by atoms with Gasteiger partial charge in [0.05, 0.1) is 0 Å². The van der Waals surface area contributed by atoms with Gasteiger partial charge in [-0.3, -0.25) is 4.79 Å². The van der Waals surface area contributed by atoms with Crippen LogP contribution in [0.4, 0.5) is 14.5 Å². The smallest absolute Gasteiger partial charge is 0.255 e. The average molecular weight is 380 g/mol. The van der Waals surface area contributed by atoms with E-state index >= 15 is 0 Å². The van der Waals surface area contributed by atoms with Crippen LogP contribution >= 0.6 is 0 Å². The monoisotopic (exact) mass is 380 g/mol. The quantitative estimate of drug-likeness (QED) is 0.885. The Bertz CT molecular complexity index is 955. The maximum atomic E-state index is 14.1. The van der Waals surface area contributed by atoms with E-state index in [-0.39, 0.29) is 5.56 Å². The van der Waals surface area contributed by atoms with E-state index in [0.29, 0.717) is 24.3 Å². The molecule has 1 N–H and O–H groups in total. The van der Waals surface area contributed by atoms with Gasteiger partial charge < -0.3 is 5.32 Å². The van der Waals surface area contributed by atoms with Crippen LogP contribution in [0.1, 0.15) is 28.8 Å². The van der Waals surface area contributed by atoms with E-state index in [1.165, 1.54) is 28.6 Å². The molecule has 1 heterocycles. The summed E-state index contributed by atoms with van der Waals surface area (Å²) in [4.78, 5) is 11.9. The molecule has 3 rings (SSSR count). The molecule has 0 aromatic heterocycles. The molecule has 0 bridgehead atoms. The molecule has 26 heavy (non-hydrogen) atoms. The average Bonchev–Trinajstić information content (AvgIpc) is 3.13. The Morgan fingerprint density at radius 2 is 1.77 bits per heavy atom. The van der Waals surface area contributed by atoms with Gasteiger partial charge in [0.1, 0.15) is 16.5 Å².